The molecule has 8 saturated heterocycles. The fourth-order valence-electron chi connectivity index (χ4n) is 21.0. The quantitative estimate of drug-likeness (QED) is 0.0618. The minimum absolute atomic E-state index is 0.00915. The van der Waals surface area contributed by atoms with Gasteiger partial charge in [0.05, 0.1) is 33.5 Å². The van der Waals surface area contributed by atoms with E-state index in [9.17, 15) is 33.6 Å². The minimum atomic E-state index is -0.829. The van der Waals surface area contributed by atoms with Gasteiger partial charge in [-0.05, 0) is 230 Å². The molecule has 4 aromatic heterocycles. The first-order valence-corrected chi connectivity index (χ1v) is 41.4. The van der Waals surface area contributed by atoms with E-state index in [0.717, 1.165) is 179 Å². The average Bonchev–Trinajstić information content (AvgIpc) is 1.58. The van der Waals surface area contributed by atoms with Crippen molar-refractivity contribution in [2.24, 2.45) is 21.7 Å². The van der Waals surface area contributed by atoms with Gasteiger partial charge in [0.2, 0.25) is 5.91 Å². The Morgan fingerprint density at radius 1 is 0.427 bits per heavy atom. The third kappa shape index (κ3) is 18.8. The van der Waals surface area contributed by atoms with Crippen LogP contribution in [0.3, 0.4) is 0 Å². The van der Waals surface area contributed by atoms with Crippen LogP contribution < -0.4 is 5.32 Å². The van der Waals surface area contributed by atoms with Crippen LogP contribution in [0.5, 0.6) is 0 Å². The van der Waals surface area contributed by atoms with Gasteiger partial charge < -0.3 is 92.0 Å². The molecule has 12 aliphatic rings. The van der Waals surface area contributed by atoms with Gasteiger partial charge in [0.25, 0.3) is 0 Å². The lowest BCUT2D eigenvalue weighted by Crippen LogP contribution is -2.54. The molecule has 0 aromatic carbocycles. The van der Waals surface area contributed by atoms with Crippen LogP contribution in [0.4, 0.5) is 19.2 Å². The van der Waals surface area contributed by atoms with Gasteiger partial charge in [0, 0.05) is 157 Å². The smallest absolute Gasteiger partial charge is 0.409 e. The standard InChI is InChI=1S/C21H33N5O3.C21H32N4O4.C20H30N4O4.C18H28N4O2/c1-3-29-20(28)26-10-6-21(15-26)12-17(13-21)24-8-4-16(5-9-24)19-23-7-11-25(19)14-18(27)22-2;1-3-29-20(27)25-10-6-21(15-25)12-17(13-21)23-8-4-16(5-9-23)19-22-7-11-24(19)14-18(26)28-2;1-2-28-19(27)24-9-5-20(14-24)11-16(12-20)22-7-3-15(4-8-22)18-21-6-10-23(18)13-17(25)26;1-2-24-17(23)22-10-5-18(13-22)11-15(12-18)21-8-3-14(4-9-21)16-19-6-7-20-16/h7,11,16-17H,3-6,8-10,12-15H2,1-2H3,(H,22,27);7,11,16-17H,3-6,8-10,12-15H2,1-2H3;6,10,15-16H,2-5,7-9,11-14H2,1H3,(H,25,26);6-7,14-15H,2-5,8-13H2,1H3,(H,19,20). The molecule has 0 unspecified atom stereocenters. The molecule has 4 aromatic rings. The van der Waals surface area contributed by atoms with Crippen molar-refractivity contribution in [2.45, 2.75) is 224 Å². The Morgan fingerprint density at radius 2 is 0.727 bits per heavy atom. The number of carbonyl (C=O) groups excluding carboxylic acids is 6. The molecule has 16 rings (SSSR count). The molecule has 0 bridgehead atoms. The number of H-pyrrole nitrogens is 1. The number of carbonyl (C=O) groups is 7. The van der Waals surface area contributed by atoms with E-state index >= 15 is 0 Å². The number of piperidine rings is 4. The summed E-state index contributed by atoms with van der Waals surface area (Å²) in [5, 5.41) is 11.7. The van der Waals surface area contributed by atoms with E-state index in [0.29, 0.717) is 102 Å². The van der Waals surface area contributed by atoms with Crippen molar-refractivity contribution >= 4 is 42.2 Å². The second-order valence-corrected chi connectivity index (χ2v) is 33.8. The molecule has 30 heteroatoms. The Bertz CT molecular complexity index is 3570. The average molecular weight is 1530 g/mol. The summed E-state index contributed by atoms with van der Waals surface area (Å²) < 4.78 is 31.1. The lowest BCUT2D eigenvalue weighted by atomic mass is 9.64. The Labute approximate surface area is 648 Å². The van der Waals surface area contributed by atoms with Gasteiger partial charge in [-0.2, -0.15) is 0 Å². The van der Waals surface area contributed by atoms with Crippen molar-refractivity contribution < 1.29 is 62.4 Å². The largest absolute Gasteiger partial charge is 0.480 e. The van der Waals surface area contributed by atoms with Gasteiger partial charge in [-0.15, -0.1) is 0 Å². The fourth-order valence-corrected chi connectivity index (χ4v) is 21.0. The molecule has 30 nitrogen and oxygen atoms in total. The molecule has 3 N–H and O–H groups in total. The molecule has 4 saturated carbocycles. The zero-order valence-corrected chi connectivity index (χ0v) is 66.2. The highest BCUT2D eigenvalue weighted by Crippen LogP contribution is 2.55. The van der Waals surface area contributed by atoms with E-state index in [2.05, 4.69) is 49.8 Å². The highest BCUT2D eigenvalue weighted by molar-refractivity contribution is 5.75. The molecule has 8 aliphatic heterocycles. The van der Waals surface area contributed by atoms with Gasteiger partial charge in [-0.1, -0.05) is 0 Å². The highest BCUT2D eigenvalue weighted by Gasteiger charge is 2.56. The predicted octanol–water partition coefficient (Wildman–Crippen LogP) is 8.82. The number of nitrogens with zero attached hydrogens (tertiary/aromatic N) is 15. The molecule has 4 aliphatic carbocycles. The summed E-state index contributed by atoms with van der Waals surface area (Å²) in [5.41, 5.74) is 1.30. The Kier molecular flexibility index (Phi) is 26.2. The van der Waals surface area contributed by atoms with E-state index in [1.165, 1.54) is 84.4 Å². The summed E-state index contributed by atoms with van der Waals surface area (Å²) in [4.78, 5) is 121. The molecular formula is C80H123N17O13. The first kappa shape index (κ1) is 80.2. The van der Waals surface area contributed by atoms with E-state index in [1.54, 1.807) is 36.4 Å². The maximum absolute atomic E-state index is 12.0. The first-order valence-electron chi connectivity index (χ1n) is 41.4. The number of methoxy groups -OCH3 is 1. The molecule has 5 amide bonds. The van der Waals surface area contributed by atoms with Crippen LogP contribution in [0, 0.1) is 21.7 Å². The van der Waals surface area contributed by atoms with Crippen LogP contribution in [-0.4, -0.2) is 295 Å². The number of nitrogens with one attached hydrogen (secondary N) is 2. The normalized spacial score (nSPS) is 28.7. The molecule has 0 atom stereocenters. The summed E-state index contributed by atoms with van der Waals surface area (Å²) in [6, 6.07) is 2.60. The van der Waals surface area contributed by atoms with Gasteiger partial charge in [0.1, 0.15) is 42.9 Å². The van der Waals surface area contributed by atoms with Crippen molar-refractivity contribution in [1.29, 1.82) is 0 Å². The SMILES string of the molecule is CCOC(=O)N1CCC2(CC(N3CCC(c4ncc[nH]4)CC3)C2)C1.CCOC(=O)N1CCC2(CC(N3CCC(c4nccn4CC(=O)NC)CC3)C2)C1.CCOC(=O)N1CCC2(CC(N3CCC(c4nccn4CC(=O)O)CC3)C2)C1.CCOC(=O)N1CCC2(CC(N3CCC(c4nccn4CC(=O)OC)CC3)C2)C1. The summed E-state index contributed by atoms with van der Waals surface area (Å²) in [7, 11) is 3.08. The third-order valence-corrected chi connectivity index (χ3v) is 27.1. The zero-order chi connectivity index (χ0) is 77.2. The number of esters is 1. The molecule has 12 fully saturated rings. The number of aromatic nitrogens is 8. The zero-order valence-electron chi connectivity index (χ0n) is 66.2. The monoisotopic (exact) mass is 1530 g/mol. The molecule has 0 radical (unpaired) electrons. The van der Waals surface area contributed by atoms with Gasteiger partial charge >= 0.3 is 36.3 Å². The number of imidazole rings is 4. The number of ether oxygens (including phenoxy) is 5. The maximum atomic E-state index is 12.0. The van der Waals surface area contributed by atoms with Crippen LogP contribution in [0.25, 0.3) is 0 Å². The minimum Gasteiger partial charge on any atom is -0.480 e. The van der Waals surface area contributed by atoms with Gasteiger partial charge in [-0.3, -0.25) is 14.4 Å². The topological polar surface area (TPSA) is 306 Å². The van der Waals surface area contributed by atoms with E-state index in [-0.39, 0.29) is 49.3 Å². The molecule has 12 heterocycles. The Balaban J connectivity index is 0.000000129. The lowest BCUT2D eigenvalue weighted by molar-refractivity contribution is -0.141. The van der Waals surface area contributed by atoms with Crippen molar-refractivity contribution in [3.8, 4) is 0 Å². The highest BCUT2D eigenvalue weighted by atomic mass is 16.6. The number of hydrogen-bond donors (Lipinski definition) is 3. The fraction of sp³-hybridized carbons (Fsp3) is 0.762. The Morgan fingerprint density at radius 3 is 1.00 bits per heavy atom. The number of aliphatic carboxylic acids is 1. The van der Waals surface area contributed by atoms with Crippen molar-refractivity contribution in [1.82, 2.24) is 83.1 Å². The number of carboxylic acids is 1. The number of hydrogen-bond acceptors (Lipinski definition) is 20. The molecule has 110 heavy (non-hydrogen) atoms. The van der Waals surface area contributed by atoms with Crippen molar-refractivity contribution in [2.75, 3.05) is 145 Å². The van der Waals surface area contributed by atoms with Crippen LogP contribution >= 0.6 is 0 Å². The second-order valence-electron chi connectivity index (χ2n) is 33.8. The summed E-state index contributed by atoms with van der Waals surface area (Å²) in [6.07, 6.45) is 36.8. The molecular weight excluding hydrogens is 1410 g/mol. The second kappa shape index (κ2) is 35.9. The van der Waals surface area contributed by atoms with Crippen LogP contribution in [-0.2, 0) is 57.7 Å². The van der Waals surface area contributed by atoms with E-state index in [4.69, 9.17) is 28.8 Å². The Hall–Kier alpha value is -7.83. The van der Waals surface area contributed by atoms with Gasteiger partial charge in [0.15, 0.2) is 0 Å². The molecule has 4 spiro atoms. The predicted molar refractivity (Wildman–Crippen MR) is 408 cm³/mol. The number of aromatic amines is 1. The summed E-state index contributed by atoms with van der Waals surface area (Å²) in [6.45, 7) is 25.3. The maximum Gasteiger partial charge on any atom is 0.409 e. The summed E-state index contributed by atoms with van der Waals surface area (Å²) in [5.74, 6) is 4.79. The van der Waals surface area contributed by atoms with E-state index in [1.807, 2.05) is 81.2 Å². The van der Waals surface area contributed by atoms with Crippen molar-refractivity contribution in [3.63, 3.8) is 0 Å². The van der Waals surface area contributed by atoms with Gasteiger partial charge in [-0.25, -0.2) is 39.1 Å². The van der Waals surface area contributed by atoms with Crippen LogP contribution in [0.15, 0.2) is 49.6 Å². The number of likely N-dealkylation sites (tertiary alicyclic amines) is 8. The number of amides is 5. The lowest BCUT2D eigenvalue weighted by Gasteiger charge is -2.51. The number of rotatable bonds is 18. The first-order chi connectivity index (χ1) is 53.2. The van der Waals surface area contributed by atoms with Crippen LogP contribution in [0.1, 0.15) is 203 Å². The number of carboxylic acid groups (broad SMARTS) is 1. The number of likely N-dealkylation sites (N-methyl/N-ethyl adjacent to an activating group) is 1. The summed E-state index contributed by atoms with van der Waals surface area (Å²) >= 11 is 0. The molecule has 606 valence electrons. The van der Waals surface area contributed by atoms with Crippen LogP contribution in [0.2, 0.25) is 0 Å². The third-order valence-electron chi connectivity index (χ3n) is 27.1. The van der Waals surface area contributed by atoms with E-state index < -0.39 is 5.97 Å². The van der Waals surface area contributed by atoms with Crippen molar-refractivity contribution in [3.05, 3.63) is 72.9 Å².